The first-order valence-corrected chi connectivity index (χ1v) is 7.32. The minimum Gasteiger partial charge on any atom is -0.490 e. The van der Waals surface area contributed by atoms with Crippen LogP contribution in [-0.2, 0) is 6.54 Å². The minimum atomic E-state index is 0.200. The van der Waals surface area contributed by atoms with Crippen molar-refractivity contribution in [3.8, 4) is 5.75 Å². The number of hydrogen-bond acceptors (Lipinski definition) is 3. The van der Waals surface area contributed by atoms with Crippen LogP contribution in [0.25, 0.3) is 0 Å². The van der Waals surface area contributed by atoms with Crippen LogP contribution in [0.4, 0.5) is 0 Å². The smallest absolute Gasteiger partial charge is 0.119 e. The van der Waals surface area contributed by atoms with Crippen LogP contribution in [0.5, 0.6) is 5.75 Å². The summed E-state index contributed by atoms with van der Waals surface area (Å²) in [6.45, 7) is 11.8. The topological polar surface area (TPSA) is 38.5 Å². The summed E-state index contributed by atoms with van der Waals surface area (Å²) in [4.78, 5) is 2.49. The molecule has 0 amide bonds. The van der Waals surface area contributed by atoms with Crippen LogP contribution in [0.15, 0.2) is 36.9 Å². The molecule has 0 radical (unpaired) electrons. The molecule has 0 aromatic heterocycles. The molecule has 3 nitrogen and oxygen atoms in total. The Morgan fingerprint density at radius 1 is 1.40 bits per heavy atom. The maximum absolute atomic E-state index is 6.18. The van der Waals surface area contributed by atoms with E-state index in [2.05, 4.69) is 37.5 Å². The summed E-state index contributed by atoms with van der Waals surface area (Å²) >= 11 is 0. The second kappa shape index (κ2) is 6.42. The summed E-state index contributed by atoms with van der Waals surface area (Å²) in [5, 5.41) is 0. The van der Waals surface area contributed by atoms with Gasteiger partial charge in [-0.15, -0.1) is 0 Å². The fourth-order valence-corrected chi connectivity index (χ4v) is 2.72. The van der Waals surface area contributed by atoms with Crippen molar-refractivity contribution in [2.24, 2.45) is 11.1 Å². The van der Waals surface area contributed by atoms with Gasteiger partial charge in [0.15, 0.2) is 0 Å². The van der Waals surface area contributed by atoms with E-state index in [4.69, 9.17) is 10.5 Å². The number of ether oxygens (including phenoxy) is 1. The van der Waals surface area contributed by atoms with Crippen LogP contribution in [0, 0.1) is 5.41 Å². The van der Waals surface area contributed by atoms with Crippen molar-refractivity contribution in [1.29, 1.82) is 0 Å². The Morgan fingerprint density at radius 3 is 2.70 bits per heavy atom. The summed E-state index contributed by atoms with van der Waals surface area (Å²) in [5.41, 5.74) is 7.70. The fourth-order valence-electron chi connectivity index (χ4n) is 2.72. The predicted octanol–water partition coefficient (Wildman–Crippen LogP) is 2.81. The molecule has 3 heteroatoms. The number of hydrogen-bond donors (Lipinski definition) is 1. The van der Waals surface area contributed by atoms with E-state index in [9.17, 15) is 0 Å². The van der Waals surface area contributed by atoms with Gasteiger partial charge in [0.25, 0.3) is 0 Å². The van der Waals surface area contributed by atoms with Gasteiger partial charge in [-0.2, -0.15) is 0 Å². The molecule has 1 aliphatic heterocycles. The number of benzene rings is 1. The highest BCUT2D eigenvalue weighted by Crippen LogP contribution is 2.28. The fraction of sp³-hybridized carbons (Fsp3) is 0.529. The van der Waals surface area contributed by atoms with Crippen molar-refractivity contribution in [3.63, 3.8) is 0 Å². The van der Waals surface area contributed by atoms with E-state index in [1.165, 1.54) is 5.56 Å². The summed E-state index contributed by atoms with van der Waals surface area (Å²) in [6.07, 6.45) is 2.83. The van der Waals surface area contributed by atoms with Gasteiger partial charge in [-0.05, 0) is 29.5 Å². The van der Waals surface area contributed by atoms with Crippen molar-refractivity contribution in [2.45, 2.75) is 32.9 Å². The second-order valence-electron chi connectivity index (χ2n) is 6.34. The third-order valence-corrected chi connectivity index (χ3v) is 4.09. The molecular weight excluding hydrogens is 248 g/mol. The number of rotatable bonds is 5. The molecule has 0 aliphatic carbocycles. The molecule has 2 N–H and O–H groups in total. The van der Waals surface area contributed by atoms with Gasteiger partial charge in [-0.25, -0.2) is 0 Å². The molecule has 0 bridgehead atoms. The van der Waals surface area contributed by atoms with E-state index in [0.717, 1.165) is 31.8 Å². The largest absolute Gasteiger partial charge is 0.490 e. The van der Waals surface area contributed by atoms with E-state index >= 15 is 0 Å². The third kappa shape index (κ3) is 3.84. The summed E-state index contributed by atoms with van der Waals surface area (Å²) in [5.74, 6) is 0.898. The third-order valence-electron chi connectivity index (χ3n) is 4.09. The van der Waals surface area contributed by atoms with Crippen molar-refractivity contribution >= 4 is 0 Å². The molecule has 1 atom stereocenters. The van der Waals surface area contributed by atoms with Gasteiger partial charge < -0.3 is 10.5 Å². The summed E-state index contributed by atoms with van der Waals surface area (Å²) in [7, 11) is 0. The quantitative estimate of drug-likeness (QED) is 0.839. The minimum absolute atomic E-state index is 0.200. The molecule has 1 aliphatic rings. The van der Waals surface area contributed by atoms with Crippen LogP contribution < -0.4 is 10.5 Å². The van der Waals surface area contributed by atoms with Crippen LogP contribution in [0.3, 0.4) is 0 Å². The van der Waals surface area contributed by atoms with Gasteiger partial charge in [0, 0.05) is 25.7 Å². The highest BCUT2D eigenvalue weighted by Gasteiger charge is 2.33. The normalized spacial score (nSPS) is 22.4. The molecule has 1 unspecified atom stereocenters. The Morgan fingerprint density at radius 2 is 2.10 bits per heavy atom. The van der Waals surface area contributed by atoms with Gasteiger partial charge in [0.05, 0.1) is 0 Å². The van der Waals surface area contributed by atoms with E-state index < -0.39 is 0 Å². The highest BCUT2D eigenvalue weighted by molar-refractivity contribution is 5.27. The van der Waals surface area contributed by atoms with Crippen LogP contribution in [-0.4, -0.2) is 30.6 Å². The summed E-state index contributed by atoms with van der Waals surface area (Å²) < 4.78 is 5.50. The van der Waals surface area contributed by atoms with Gasteiger partial charge in [-0.1, -0.05) is 38.6 Å². The molecule has 0 saturated carbocycles. The lowest BCUT2D eigenvalue weighted by molar-refractivity contribution is 0.0899. The first-order valence-electron chi connectivity index (χ1n) is 7.32. The Hall–Kier alpha value is -1.32. The lowest BCUT2D eigenvalue weighted by Gasteiger charge is -2.42. The van der Waals surface area contributed by atoms with Crippen LogP contribution in [0.2, 0.25) is 0 Å². The van der Waals surface area contributed by atoms with Crippen LogP contribution in [0.1, 0.15) is 25.8 Å². The first-order chi connectivity index (χ1) is 9.51. The van der Waals surface area contributed by atoms with Crippen molar-refractivity contribution < 1.29 is 4.74 Å². The lowest BCUT2D eigenvalue weighted by atomic mass is 9.79. The van der Waals surface area contributed by atoms with Gasteiger partial charge in [0.2, 0.25) is 0 Å². The predicted molar refractivity (Wildman–Crippen MR) is 83.8 cm³/mol. The van der Waals surface area contributed by atoms with Gasteiger partial charge in [0.1, 0.15) is 12.4 Å². The zero-order valence-corrected chi connectivity index (χ0v) is 12.6. The highest BCUT2D eigenvalue weighted by atomic mass is 16.5. The van der Waals surface area contributed by atoms with Crippen LogP contribution >= 0.6 is 0 Å². The second-order valence-corrected chi connectivity index (χ2v) is 6.34. The molecule has 1 heterocycles. The molecule has 2 rings (SSSR count). The maximum atomic E-state index is 6.18. The van der Waals surface area contributed by atoms with Gasteiger partial charge >= 0.3 is 0 Å². The Kier molecular flexibility index (Phi) is 4.84. The zero-order chi connectivity index (χ0) is 14.6. The lowest BCUT2D eigenvalue weighted by Crippen LogP contribution is -2.52. The number of likely N-dealkylation sites (tertiary alicyclic amines) is 1. The van der Waals surface area contributed by atoms with E-state index in [1.807, 2.05) is 12.1 Å². The molecule has 1 aromatic carbocycles. The number of nitrogens with two attached hydrogens (primary N) is 1. The average Bonchev–Trinajstić information content (AvgIpc) is 2.42. The number of piperidine rings is 1. The van der Waals surface area contributed by atoms with E-state index in [0.29, 0.717) is 12.6 Å². The number of nitrogens with zero attached hydrogens (tertiary/aromatic N) is 1. The molecule has 110 valence electrons. The standard InChI is InChI=1S/C17H26N2O/c1-4-11-20-15-7-5-14(6-8-15)12-19-10-9-16(18)17(2,3)13-19/h4-8,16H,1,9-13,18H2,2-3H3. The monoisotopic (exact) mass is 274 g/mol. The molecular formula is C17H26N2O. The molecule has 20 heavy (non-hydrogen) atoms. The molecule has 1 aromatic rings. The molecule has 0 spiro atoms. The average molecular weight is 274 g/mol. The Bertz CT molecular complexity index is 439. The Balaban J connectivity index is 1.91. The van der Waals surface area contributed by atoms with E-state index in [1.54, 1.807) is 6.08 Å². The van der Waals surface area contributed by atoms with Crippen molar-refractivity contribution in [2.75, 3.05) is 19.7 Å². The van der Waals surface area contributed by atoms with Gasteiger partial charge in [-0.3, -0.25) is 4.90 Å². The zero-order valence-electron chi connectivity index (χ0n) is 12.6. The SMILES string of the molecule is C=CCOc1ccc(CN2CCC(N)C(C)(C)C2)cc1. The van der Waals surface area contributed by atoms with Crippen molar-refractivity contribution in [1.82, 2.24) is 4.90 Å². The van der Waals surface area contributed by atoms with Crippen molar-refractivity contribution in [3.05, 3.63) is 42.5 Å². The molecule has 1 fully saturated rings. The first kappa shape index (κ1) is 15.1. The summed E-state index contributed by atoms with van der Waals surface area (Å²) in [6, 6.07) is 8.65. The van der Waals surface area contributed by atoms with E-state index in [-0.39, 0.29) is 5.41 Å². The Labute approximate surface area is 122 Å². The molecule has 1 saturated heterocycles. The maximum Gasteiger partial charge on any atom is 0.119 e.